The lowest BCUT2D eigenvalue weighted by Gasteiger charge is -2.33. The fourth-order valence-electron chi connectivity index (χ4n) is 3.98. The maximum absolute atomic E-state index is 5.10. The highest BCUT2D eigenvalue weighted by molar-refractivity contribution is 14.0. The highest BCUT2D eigenvalue weighted by atomic mass is 127. The summed E-state index contributed by atoms with van der Waals surface area (Å²) in [5.41, 5.74) is 1.69. The van der Waals surface area contributed by atoms with Gasteiger partial charge in [0.15, 0.2) is 5.96 Å². The number of aliphatic imine (C=N–C) groups is 1. The van der Waals surface area contributed by atoms with E-state index in [1.807, 2.05) is 25.4 Å². The molecule has 1 aromatic rings. The number of hydrogen-bond acceptors (Lipinski definition) is 3. The predicted molar refractivity (Wildman–Crippen MR) is 108 cm³/mol. The molecule has 0 bridgehead atoms. The summed E-state index contributed by atoms with van der Waals surface area (Å²) in [6, 6.07) is 3.94. The van der Waals surface area contributed by atoms with Crippen LogP contribution in [0.4, 0.5) is 0 Å². The zero-order valence-electron chi connectivity index (χ0n) is 14.8. The van der Waals surface area contributed by atoms with E-state index in [9.17, 15) is 0 Å². The molecule has 1 aliphatic heterocycles. The topological polar surface area (TPSA) is 49.8 Å². The van der Waals surface area contributed by atoms with Crippen molar-refractivity contribution in [1.82, 2.24) is 15.2 Å². The zero-order valence-corrected chi connectivity index (χ0v) is 17.1. The summed E-state index contributed by atoms with van der Waals surface area (Å²) >= 11 is 0. The Kier molecular flexibility index (Phi) is 7.13. The Morgan fingerprint density at radius 2 is 2.08 bits per heavy atom. The van der Waals surface area contributed by atoms with Crippen molar-refractivity contribution in [2.45, 2.75) is 45.1 Å². The van der Waals surface area contributed by atoms with E-state index in [0.717, 1.165) is 31.2 Å². The molecule has 0 atom stereocenters. The number of methoxy groups -OCH3 is 1. The van der Waals surface area contributed by atoms with Crippen LogP contribution >= 0.6 is 24.0 Å². The summed E-state index contributed by atoms with van der Waals surface area (Å²) in [5, 5.41) is 3.48. The standard InChI is InChI=1S/C18H28N4O.HI/c1-19-17(21-13-15-6-7-16(23-2)20-12-15)22-11-10-18(14-22)8-4-3-5-9-18;/h6-7,12H,3-5,8-11,13-14H2,1-2H3,(H,19,21);1H. The molecule has 1 aromatic heterocycles. The van der Waals surface area contributed by atoms with Crippen LogP contribution in [0.25, 0.3) is 0 Å². The highest BCUT2D eigenvalue weighted by Gasteiger charge is 2.39. The van der Waals surface area contributed by atoms with Gasteiger partial charge in [0, 0.05) is 38.9 Å². The number of aromatic nitrogens is 1. The summed E-state index contributed by atoms with van der Waals surface area (Å²) < 4.78 is 5.10. The Hall–Kier alpha value is -1.05. The van der Waals surface area contributed by atoms with Crippen molar-refractivity contribution < 1.29 is 4.74 Å². The molecular weight excluding hydrogens is 415 g/mol. The second kappa shape index (κ2) is 8.87. The third-order valence-electron chi connectivity index (χ3n) is 5.32. The fraction of sp³-hybridized carbons (Fsp3) is 0.667. The van der Waals surface area contributed by atoms with Crippen molar-refractivity contribution in [3.05, 3.63) is 23.9 Å². The predicted octanol–water partition coefficient (Wildman–Crippen LogP) is 3.44. The molecule has 1 aliphatic carbocycles. The quantitative estimate of drug-likeness (QED) is 0.441. The van der Waals surface area contributed by atoms with Crippen molar-refractivity contribution in [3.8, 4) is 5.88 Å². The molecule has 0 aromatic carbocycles. The zero-order chi connectivity index (χ0) is 16.1. The van der Waals surface area contributed by atoms with Crippen LogP contribution < -0.4 is 10.1 Å². The van der Waals surface area contributed by atoms with Gasteiger partial charge in [0.05, 0.1) is 7.11 Å². The second-order valence-corrected chi connectivity index (χ2v) is 6.84. The molecule has 3 rings (SSSR count). The average Bonchev–Trinajstić information content (AvgIpc) is 3.00. The molecule has 6 heteroatoms. The second-order valence-electron chi connectivity index (χ2n) is 6.84. The first-order valence-electron chi connectivity index (χ1n) is 8.69. The molecule has 0 amide bonds. The van der Waals surface area contributed by atoms with E-state index >= 15 is 0 Å². The smallest absolute Gasteiger partial charge is 0.212 e. The van der Waals surface area contributed by atoms with E-state index in [4.69, 9.17) is 4.74 Å². The van der Waals surface area contributed by atoms with Gasteiger partial charge in [0.2, 0.25) is 5.88 Å². The van der Waals surface area contributed by atoms with Gasteiger partial charge in [-0.1, -0.05) is 25.3 Å². The Morgan fingerprint density at radius 1 is 1.29 bits per heavy atom. The summed E-state index contributed by atoms with van der Waals surface area (Å²) in [5.74, 6) is 1.67. The van der Waals surface area contributed by atoms with Gasteiger partial charge in [-0.05, 0) is 30.2 Å². The largest absolute Gasteiger partial charge is 0.481 e. The SMILES string of the molecule is CN=C(NCc1ccc(OC)nc1)N1CCC2(CCCCC2)C1.I. The van der Waals surface area contributed by atoms with Crippen LogP contribution in [0.3, 0.4) is 0 Å². The lowest BCUT2D eigenvalue weighted by molar-refractivity contribution is 0.203. The van der Waals surface area contributed by atoms with E-state index in [2.05, 4.69) is 20.2 Å². The van der Waals surface area contributed by atoms with E-state index in [1.54, 1.807) is 7.11 Å². The van der Waals surface area contributed by atoms with E-state index in [0.29, 0.717) is 11.3 Å². The van der Waals surface area contributed by atoms with E-state index in [1.165, 1.54) is 38.5 Å². The summed E-state index contributed by atoms with van der Waals surface area (Å²) in [4.78, 5) is 11.2. The number of guanidine groups is 1. The Bertz CT molecular complexity index is 540. The number of rotatable bonds is 3. The summed E-state index contributed by atoms with van der Waals surface area (Å²) in [7, 11) is 3.51. The summed E-state index contributed by atoms with van der Waals surface area (Å²) in [6.45, 7) is 3.03. The van der Waals surface area contributed by atoms with Crippen molar-refractivity contribution in [2.24, 2.45) is 10.4 Å². The minimum atomic E-state index is 0. The molecule has 0 unspecified atom stereocenters. The fourth-order valence-corrected chi connectivity index (χ4v) is 3.98. The van der Waals surface area contributed by atoms with Gasteiger partial charge in [0.25, 0.3) is 0 Å². The normalized spacial score (nSPS) is 19.9. The molecule has 1 saturated carbocycles. The van der Waals surface area contributed by atoms with Gasteiger partial charge in [-0.2, -0.15) is 0 Å². The maximum atomic E-state index is 5.10. The Balaban J connectivity index is 0.00000208. The lowest BCUT2D eigenvalue weighted by Crippen LogP contribution is -2.41. The molecule has 1 spiro atoms. The molecular formula is C18H29IN4O. The molecule has 1 saturated heterocycles. The van der Waals surface area contributed by atoms with Crippen molar-refractivity contribution in [1.29, 1.82) is 0 Å². The monoisotopic (exact) mass is 444 g/mol. The van der Waals surface area contributed by atoms with Crippen molar-refractivity contribution in [3.63, 3.8) is 0 Å². The van der Waals surface area contributed by atoms with Gasteiger partial charge in [-0.15, -0.1) is 24.0 Å². The first kappa shape index (κ1) is 19.3. The number of nitrogens with one attached hydrogen (secondary N) is 1. The number of likely N-dealkylation sites (tertiary alicyclic amines) is 1. The first-order chi connectivity index (χ1) is 11.2. The molecule has 2 fully saturated rings. The van der Waals surface area contributed by atoms with E-state index in [-0.39, 0.29) is 24.0 Å². The van der Waals surface area contributed by atoms with Crippen LogP contribution in [0.5, 0.6) is 5.88 Å². The molecule has 5 nitrogen and oxygen atoms in total. The van der Waals surface area contributed by atoms with Crippen LogP contribution in [-0.2, 0) is 6.54 Å². The molecule has 2 heterocycles. The third-order valence-corrected chi connectivity index (χ3v) is 5.32. The lowest BCUT2D eigenvalue weighted by atomic mass is 9.73. The van der Waals surface area contributed by atoms with Crippen LogP contribution in [0.1, 0.15) is 44.1 Å². The van der Waals surface area contributed by atoms with Gasteiger partial charge >= 0.3 is 0 Å². The van der Waals surface area contributed by atoms with Gasteiger partial charge in [-0.25, -0.2) is 4.98 Å². The van der Waals surface area contributed by atoms with Crippen LogP contribution in [0.15, 0.2) is 23.3 Å². The molecule has 0 radical (unpaired) electrons. The number of ether oxygens (including phenoxy) is 1. The highest BCUT2D eigenvalue weighted by Crippen LogP contribution is 2.43. The number of halogens is 1. The summed E-state index contributed by atoms with van der Waals surface area (Å²) in [6.07, 6.45) is 10.2. The minimum absolute atomic E-state index is 0. The Morgan fingerprint density at radius 3 is 2.71 bits per heavy atom. The first-order valence-corrected chi connectivity index (χ1v) is 8.69. The minimum Gasteiger partial charge on any atom is -0.481 e. The maximum Gasteiger partial charge on any atom is 0.212 e. The average molecular weight is 444 g/mol. The number of pyridine rings is 1. The van der Waals surface area contributed by atoms with Crippen LogP contribution in [0, 0.1) is 5.41 Å². The van der Waals surface area contributed by atoms with Crippen molar-refractivity contribution in [2.75, 3.05) is 27.2 Å². The molecule has 134 valence electrons. The molecule has 1 N–H and O–H groups in total. The third kappa shape index (κ3) is 4.52. The van der Waals surface area contributed by atoms with Crippen LogP contribution in [-0.4, -0.2) is 43.1 Å². The van der Waals surface area contributed by atoms with E-state index < -0.39 is 0 Å². The Labute approximate surface area is 162 Å². The van der Waals surface area contributed by atoms with Crippen molar-refractivity contribution >= 4 is 29.9 Å². The van der Waals surface area contributed by atoms with Gasteiger partial charge in [-0.3, -0.25) is 4.99 Å². The number of nitrogens with zero attached hydrogens (tertiary/aromatic N) is 3. The number of hydrogen-bond donors (Lipinski definition) is 1. The van der Waals surface area contributed by atoms with Gasteiger partial charge in [0.1, 0.15) is 0 Å². The van der Waals surface area contributed by atoms with Crippen LogP contribution in [0.2, 0.25) is 0 Å². The molecule has 2 aliphatic rings. The van der Waals surface area contributed by atoms with Gasteiger partial charge < -0.3 is 15.0 Å². The molecule has 24 heavy (non-hydrogen) atoms.